The van der Waals surface area contributed by atoms with Crippen LogP contribution in [0.25, 0.3) is 0 Å². The van der Waals surface area contributed by atoms with Crippen LogP contribution in [0.3, 0.4) is 0 Å². The SMILES string of the molecule is Cc1cc(NC(=O)C2CC3C=CC2C3)cc(C(=O)O)c1C. The third-order valence-corrected chi connectivity index (χ3v) is 4.78. The van der Waals surface area contributed by atoms with Gasteiger partial charge < -0.3 is 10.4 Å². The van der Waals surface area contributed by atoms with E-state index in [0.29, 0.717) is 17.5 Å². The fourth-order valence-corrected chi connectivity index (χ4v) is 3.47. The Balaban J connectivity index is 1.80. The standard InChI is InChI=1S/C17H19NO3/c1-9-5-13(8-14(10(9)2)17(20)21)18-16(19)15-7-11-3-4-12(15)6-11/h3-5,8,11-12,15H,6-7H2,1-2H3,(H,18,19)(H,20,21). The largest absolute Gasteiger partial charge is 0.478 e. The number of carboxylic acids is 1. The molecule has 110 valence electrons. The highest BCUT2D eigenvalue weighted by Crippen LogP contribution is 2.43. The molecule has 1 amide bonds. The lowest BCUT2D eigenvalue weighted by atomic mass is 9.92. The first-order chi connectivity index (χ1) is 9.95. The van der Waals surface area contributed by atoms with E-state index < -0.39 is 5.97 Å². The number of aryl methyl sites for hydroxylation is 1. The van der Waals surface area contributed by atoms with Crippen molar-refractivity contribution >= 4 is 17.6 Å². The number of rotatable bonds is 3. The summed E-state index contributed by atoms with van der Waals surface area (Å²) in [6.07, 6.45) is 6.32. The molecule has 2 N–H and O–H groups in total. The lowest BCUT2D eigenvalue weighted by molar-refractivity contribution is -0.120. The van der Waals surface area contributed by atoms with E-state index in [0.717, 1.165) is 24.0 Å². The van der Waals surface area contributed by atoms with Crippen molar-refractivity contribution in [3.05, 3.63) is 41.0 Å². The van der Waals surface area contributed by atoms with E-state index in [4.69, 9.17) is 0 Å². The van der Waals surface area contributed by atoms with Crippen molar-refractivity contribution in [1.29, 1.82) is 0 Å². The van der Waals surface area contributed by atoms with Gasteiger partial charge in [0.25, 0.3) is 0 Å². The van der Waals surface area contributed by atoms with Gasteiger partial charge in [-0.3, -0.25) is 4.79 Å². The average molecular weight is 285 g/mol. The smallest absolute Gasteiger partial charge is 0.336 e. The van der Waals surface area contributed by atoms with E-state index in [9.17, 15) is 14.7 Å². The molecule has 2 aliphatic rings. The molecule has 3 rings (SSSR count). The number of benzene rings is 1. The Morgan fingerprint density at radius 2 is 1.95 bits per heavy atom. The summed E-state index contributed by atoms with van der Waals surface area (Å²) in [5.74, 6) is -0.0449. The third kappa shape index (κ3) is 2.46. The highest BCUT2D eigenvalue weighted by molar-refractivity contribution is 5.96. The van der Waals surface area contributed by atoms with Crippen molar-refractivity contribution in [3.63, 3.8) is 0 Å². The molecule has 1 aromatic rings. The summed E-state index contributed by atoms with van der Waals surface area (Å²) in [6, 6.07) is 3.38. The average Bonchev–Trinajstić information content (AvgIpc) is 3.04. The van der Waals surface area contributed by atoms with Crippen molar-refractivity contribution in [2.45, 2.75) is 26.7 Å². The van der Waals surface area contributed by atoms with Gasteiger partial charge in [0.05, 0.1) is 5.56 Å². The van der Waals surface area contributed by atoms with Gasteiger partial charge in [0, 0.05) is 11.6 Å². The number of carbonyl (C=O) groups excluding carboxylic acids is 1. The van der Waals surface area contributed by atoms with Crippen LogP contribution in [-0.4, -0.2) is 17.0 Å². The van der Waals surface area contributed by atoms with Crippen LogP contribution in [-0.2, 0) is 4.79 Å². The van der Waals surface area contributed by atoms with Crippen LogP contribution in [0.5, 0.6) is 0 Å². The predicted molar refractivity (Wildman–Crippen MR) is 80.3 cm³/mol. The lowest BCUT2D eigenvalue weighted by Crippen LogP contribution is -2.26. The van der Waals surface area contributed by atoms with E-state index in [1.165, 1.54) is 0 Å². The van der Waals surface area contributed by atoms with Crippen molar-refractivity contribution in [2.24, 2.45) is 17.8 Å². The second kappa shape index (κ2) is 5.02. The number of allylic oxidation sites excluding steroid dienone is 2. The van der Waals surface area contributed by atoms with Gasteiger partial charge in [0.1, 0.15) is 0 Å². The zero-order valence-electron chi connectivity index (χ0n) is 12.2. The molecule has 2 aliphatic carbocycles. The van der Waals surface area contributed by atoms with Crippen molar-refractivity contribution in [3.8, 4) is 0 Å². The number of aromatic carboxylic acids is 1. The van der Waals surface area contributed by atoms with Crippen LogP contribution in [0, 0.1) is 31.6 Å². The minimum Gasteiger partial charge on any atom is -0.478 e. The quantitative estimate of drug-likeness (QED) is 0.838. The van der Waals surface area contributed by atoms with Crippen LogP contribution in [0.4, 0.5) is 5.69 Å². The summed E-state index contributed by atoms with van der Waals surface area (Å²) >= 11 is 0. The summed E-state index contributed by atoms with van der Waals surface area (Å²) in [6.45, 7) is 3.64. The maximum absolute atomic E-state index is 12.4. The first-order valence-corrected chi connectivity index (χ1v) is 7.29. The van der Waals surface area contributed by atoms with E-state index >= 15 is 0 Å². The number of nitrogens with one attached hydrogen (secondary N) is 1. The van der Waals surface area contributed by atoms with Gasteiger partial charge in [-0.1, -0.05) is 12.2 Å². The van der Waals surface area contributed by atoms with Gasteiger partial charge in [-0.2, -0.15) is 0 Å². The number of anilines is 1. The van der Waals surface area contributed by atoms with Gasteiger partial charge in [0.2, 0.25) is 5.91 Å². The van der Waals surface area contributed by atoms with Crippen molar-refractivity contribution in [2.75, 3.05) is 5.32 Å². The number of carbonyl (C=O) groups is 2. The Bertz CT molecular complexity index is 648. The van der Waals surface area contributed by atoms with Crippen LogP contribution >= 0.6 is 0 Å². The summed E-state index contributed by atoms with van der Waals surface area (Å²) < 4.78 is 0. The molecule has 1 aromatic carbocycles. The number of carboxylic acid groups (broad SMARTS) is 1. The number of hydrogen-bond acceptors (Lipinski definition) is 2. The zero-order chi connectivity index (χ0) is 15.1. The summed E-state index contributed by atoms with van der Waals surface area (Å²) in [5.41, 5.74) is 2.44. The Hall–Kier alpha value is -2.10. The molecule has 21 heavy (non-hydrogen) atoms. The molecule has 0 aliphatic heterocycles. The summed E-state index contributed by atoms with van der Waals surface area (Å²) in [5, 5.41) is 12.1. The minimum atomic E-state index is -0.963. The number of fused-ring (bicyclic) bond motifs is 2. The summed E-state index contributed by atoms with van der Waals surface area (Å²) in [4.78, 5) is 23.6. The van der Waals surface area contributed by atoms with E-state index in [1.807, 2.05) is 13.0 Å². The molecular weight excluding hydrogens is 266 g/mol. The first-order valence-electron chi connectivity index (χ1n) is 7.29. The first kappa shape index (κ1) is 13.9. The van der Waals surface area contributed by atoms with Gasteiger partial charge in [-0.25, -0.2) is 4.79 Å². The van der Waals surface area contributed by atoms with Crippen LogP contribution in [0.15, 0.2) is 24.3 Å². The highest BCUT2D eigenvalue weighted by Gasteiger charge is 2.39. The Kier molecular flexibility index (Phi) is 3.32. The van der Waals surface area contributed by atoms with Crippen LogP contribution in [0.1, 0.15) is 34.3 Å². The van der Waals surface area contributed by atoms with Gasteiger partial charge in [-0.15, -0.1) is 0 Å². The normalized spacial score (nSPS) is 26.1. The molecule has 0 saturated heterocycles. The highest BCUT2D eigenvalue weighted by atomic mass is 16.4. The second-order valence-electron chi connectivity index (χ2n) is 6.15. The molecule has 2 bridgehead atoms. The second-order valence-corrected chi connectivity index (χ2v) is 6.15. The molecule has 0 radical (unpaired) electrons. The van der Waals surface area contributed by atoms with Crippen molar-refractivity contribution in [1.82, 2.24) is 0 Å². The topological polar surface area (TPSA) is 66.4 Å². The molecule has 0 aromatic heterocycles. The Morgan fingerprint density at radius 1 is 1.19 bits per heavy atom. The minimum absolute atomic E-state index is 0.00596. The van der Waals surface area contributed by atoms with Gasteiger partial charge in [-0.05, 0) is 61.8 Å². The summed E-state index contributed by atoms with van der Waals surface area (Å²) in [7, 11) is 0. The fraction of sp³-hybridized carbons (Fsp3) is 0.412. The van der Waals surface area contributed by atoms with Gasteiger partial charge >= 0.3 is 5.97 Å². The molecule has 0 heterocycles. The number of hydrogen-bond donors (Lipinski definition) is 2. The van der Waals surface area contributed by atoms with E-state index in [1.54, 1.807) is 13.0 Å². The maximum Gasteiger partial charge on any atom is 0.336 e. The zero-order valence-corrected chi connectivity index (χ0v) is 12.2. The molecule has 4 heteroatoms. The van der Waals surface area contributed by atoms with E-state index in [2.05, 4.69) is 17.5 Å². The fourth-order valence-electron chi connectivity index (χ4n) is 3.47. The monoisotopic (exact) mass is 285 g/mol. The molecule has 3 unspecified atom stereocenters. The molecule has 3 atom stereocenters. The number of amides is 1. The van der Waals surface area contributed by atoms with Crippen LogP contribution < -0.4 is 5.32 Å². The van der Waals surface area contributed by atoms with Crippen LogP contribution in [0.2, 0.25) is 0 Å². The maximum atomic E-state index is 12.4. The predicted octanol–water partition coefficient (Wildman–Crippen LogP) is 3.15. The van der Waals surface area contributed by atoms with Gasteiger partial charge in [0.15, 0.2) is 0 Å². The molecular formula is C17H19NO3. The molecule has 4 nitrogen and oxygen atoms in total. The van der Waals surface area contributed by atoms with E-state index in [-0.39, 0.29) is 17.4 Å². The molecule has 1 saturated carbocycles. The third-order valence-electron chi connectivity index (χ3n) is 4.78. The molecule has 1 fully saturated rings. The Labute approximate surface area is 123 Å². The lowest BCUT2D eigenvalue weighted by Gasteiger charge is -2.18. The van der Waals surface area contributed by atoms with Crippen molar-refractivity contribution < 1.29 is 14.7 Å². The molecule has 0 spiro atoms. The Morgan fingerprint density at radius 3 is 2.52 bits per heavy atom.